The van der Waals surface area contributed by atoms with Crippen LogP contribution in [0.3, 0.4) is 0 Å². The molecule has 12 heavy (non-hydrogen) atoms. The third-order valence-electron chi connectivity index (χ3n) is 3.61. The van der Waals surface area contributed by atoms with Crippen molar-refractivity contribution in [3.05, 3.63) is 0 Å². The first kappa shape index (κ1) is 7.34. The number of hydrogen-bond donors (Lipinski definition) is 1. The predicted octanol–water partition coefficient (Wildman–Crippen LogP) is 1.66. The number of hydrogen-bond acceptors (Lipinski definition) is 2. The van der Waals surface area contributed by atoms with Crippen LogP contribution >= 0.6 is 0 Å². The molecule has 1 saturated heterocycles. The van der Waals surface area contributed by atoms with E-state index >= 15 is 0 Å². The summed E-state index contributed by atoms with van der Waals surface area (Å²) in [5, 5.41) is 3.71. The van der Waals surface area contributed by atoms with Crippen LogP contribution in [0.15, 0.2) is 0 Å². The summed E-state index contributed by atoms with van der Waals surface area (Å²) in [5.74, 6) is 0.992. The largest absolute Gasteiger partial charge is 0.361 e. The highest BCUT2D eigenvalue weighted by Crippen LogP contribution is 2.41. The molecule has 0 bridgehead atoms. The minimum Gasteiger partial charge on any atom is -0.361 e. The third-order valence-corrected chi connectivity index (χ3v) is 3.61. The minimum absolute atomic E-state index is 0.144. The molecule has 0 amide bonds. The fourth-order valence-electron chi connectivity index (χ4n) is 2.47. The lowest BCUT2D eigenvalue weighted by Gasteiger charge is -2.48. The van der Waals surface area contributed by atoms with E-state index in [1.165, 1.54) is 38.5 Å². The van der Waals surface area contributed by atoms with E-state index in [9.17, 15) is 0 Å². The van der Waals surface area contributed by atoms with Crippen molar-refractivity contribution in [2.24, 2.45) is 5.92 Å². The smallest absolute Gasteiger partial charge is 0.119 e. The predicted molar refractivity (Wildman–Crippen MR) is 46.8 cm³/mol. The van der Waals surface area contributed by atoms with E-state index < -0.39 is 0 Å². The Hall–Kier alpha value is -0.0800. The van der Waals surface area contributed by atoms with Crippen molar-refractivity contribution in [1.82, 2.24) is 5.32 Å². The van der Waals surface area contributed by atoms with Crippen molar-refractivity contribution in [1.29, 1.82) is 0 Å². The molecule has 1 N–H and O–H groups in total. The van der Waals surface area contributed by atoms with Gasteiger partial charge in [-0.2, -0.15) is 0 Å². The Morgan fingerprint density at radius 3 is 2.58 bits per heavy atom. The Labute approximate surface area is 73.7 Å². The van der Waals surface area contributed by atoms with Crippen LogP contribution in [0.25, 0.3) is 0 Å². The van der Waals surface area contributed by atoms with Gasteiger partial charge in [-0.05, 0) is 44.4 Å². The van der Waals surface area contributed by atoms with E-state index in [1.807, 2.05) is 0 Å². The summed E-state index contributed by atoms with van der Waals surface area (Å²) >= 11 is 0. The zero-order valence-corrected chi connectivity index (χ0v) is 7.51. The maximum Gasteiger partial charge on any atom is 0.119 e. The van der Waals surface area contributed by atoms with Crippen LogP contribution in [-0.2, 0) is 4.74 Å². The Bertz CT molecular complexity index is 184. The highest BCUT2D eigenvalue weighted by atomic mass is 16.5. The van der Waals surface area contributed by atoms with Gasteiger partial charge in [-0.15, -0.1) is 0 Å². The average Bonchev–Trinajstić information content (AvgIpc) is 2.84. The molecular formula is C10H17NO. The van der Waals surface area contributed by atoms with Crippen LogP contribution in [0.2, 0.25) is 0 Å². The van der Waals surface area contributed by atoms with Crippen LogP contribution in [0.4, 0.5) is 0 Å². The van der Waals surface area contributed by atoms with Gasteiger partial charge < -0.3 is 4.74 Å². The van der Waals surface area contributed by atoms with Gasteiger partial charge in [0, 0.05) is 6.04 Å². The second kappa shape index (κ2) is 2.46. The average molecular weight is 167 g/mol. The van der Waals surface area contributed by atoms with E-state index in [4.69, 9.17) is 4.74 Å². The van der Waals surface area contributed by atoms with E-state index in [-0.39, 0.29) is 5.72 Å². The van der Waals surface area contributed by atoms with Crippen molar-refractivity contribution in [2.45, 2.75) is 50.3 Å². The molecule has 0 aromatic carbocycles. The van der Waals surface area contributed by atoms with Crippen LogP contribution < -0.4 is 5.32 Å². The molecule has 1 unspecified atom stereocenters. The Balaban J connectivity index is 1.66. The molecule has 3 rings (SSSR count). The molecule has 1 atom stereocenters. The van der Waals surface area contributed by atoms with E-state index in [1.54, 1.807) is 0 Å². The molecule has 3 aliphatic rings. The molecule has 1 spiro atoms. The lowest BCUT2D eigenvalue weighted by Crippen LogP contribution is -2.61. The second-order valence-electron chi connectivity index (χ2n) is 4.57. The summed E-state index contributed by atoms with van der Waals surface area (Å²) in [7, 11) is 0. The van der Waals surface area contributed by atoms with E-state index in [2.05, 4.69) is 5.32 Å². The van der Waals surface area contributed by atoms with Gasteiger partial charge in [-0.1, -0.05) is 0 Å². The van der Waals surface area contributed by atoms with Crippen molar-refractivity contribution >= 4 is 0 Å². The first-order valence-electron chi connectivity index (χ1n) is 5.30. The zero-order valence-electron chi connectivity index (χ0n) is 7.51. The van der Waals surface area contributed by atoms with Crippen LogP contribution in [0, 0.1) is 5.92 Å². The molecule has 2 heteroatoms. The molecule has 2 aliphatic carbocycles. The van der Waals surface area contributed by atoms with Crippen molar-refractivity contribution < 1.29 is 4.74 Å². The molecule has 2 saturated carbocycles. The van der Waals surface area contributed by atoms with Crippen molar-refractivity contribution in [2.75, 3.05) is 6.61 Å². The summed E-state index contributed by atoms with van der Waals surface area (Å²) in [6.07, 6.45) is 7.99. The highest BCUT2D eigenvalue weighted by Gasteiger charge is 2.45. The topological polar surface area (TPSA) is 21.3 Å². The SMILES string of the molecule is C1CC2(C1)NC(C1CC1)CCO2. The van der Waals surface area contributed by atoms with Gasteiger partial charge in [0.15, 0.2) is 0 Å². The lowest BCUT2D eigenvalue weighted by molar-refractivity contribution is -0.158. The highest BCUT2D eigenvalue weighted by molar-refractivity contribution is 4.97. The van der Waals surface area contributed by atoms with E-state index in [0.29, 0.717) is 0 Å². The van der Waals surface area contributed by atoms with Gasteiger partial charge in [-0.25, -0.2) is 0 Å². The first-order chi connectivity index (χ1) is 5.88. The normalized spacial score (nSPS) is 39.5. The van der Waals surface area contributed by atoms with Gasteiger partial charge in [0.2, 0.25) is 0 Å². The standard InChI is InChI=1S/C10H17NO/c1-5-10(6-1)11-9(4-7-12-10)8-2-3-8/h8-9,11H,1-7H2. The van der Waals surface area contributed by atoms with Gasteiger partial charge >= 0.3 is 0 Å². The molecular weight excluding hydrogens is 150 g/mol. The maximum absolute atomic E-state index is 5.80. The van der Waals surface area contributed by atoms with Crippen LogP contribution in [0.5, 0.6) is 0 Å². The summed E-state index contributed by atoms with van der Waals surface area (Å²) in [6.45, 7) is 0.994. The molecule has 1 heterocycles. The monoisotopic (exact) mass is 167 g/mol. The van der Waals surface area contributed by atoms with Gasteiger partial charge in [0.25, 0.3) is 0 Å². The maximum atomic E-state index is 5.80. The number of rotatable bonds is 1. The van der Waals surface area contributed by atoms with Crippen LogP contribution in [-0.4, -0.2) is 18.4 Å². The van der Waals surface area contributed by atoms with Gasteiger partial charge in [0.05, 0.1) is 6.61 Å². The second-order valence-corrected chi connectivity index (χ2v) is 4.57. The Morgan fingerprint density at radius 2 is 2.00 bits per heavy atom. The number of ether oxygens (including phenoxy) is 1. The van der Waals surface area contributed by atoms with Gasteiger partial charge in [-0.3, -0.25) is 5.32 Å². The Kier molecular flexibility index (Phi) is 1.50. The lowest BCUT2D eigenvalue weighted by atomic mass is 9.85. The molecule has 1 aliphatic heterocycles. The van der Waals surface area contributed by atoms with E-state index in [0.717, 1.165) is 18.6 Å². The molecule has 68 valence electrons. The minimum atomic E-state index is 0.144. The third kappa shape index (κ3) is 1.09. The summed E-state index contributed by atoms with van der Waals surface area (Å²) in [4.78, 5) is 0. The molecule has 3 fully saturated rings. The van der Waals surface area contributed by atoms with Gasteiger partial charge in [0.1, 0.15) is 5.72 Å². The molecule has 0 aromatic heterocycles. The molecule has 0 radical (unpaired) electrons. The summed E-state index contributed by atoms with van der Waals surface area (Å²) < 4.78 is 5.80. The fraction of sp³-hybridized carbons (Fsp3) is 1.00. The number of nitrogens with one attached hydrogen (secondary N) is 1. The summed E-state index contributed by atoms with van der Waals surface area (Å²) in [5.41, 5.74) is 0.144. The zero-order chi connectivity index (χ0) is 8.02. The first-order valence-corrected chi connectivity index (χ1v) is 5.30. The Morgan fingerprint density at radius 1 is 1.17 bits per heavy atom. The van der Waals surface area contributed by atoms with Crippen molar-refractivity contribution in [3.8, 4) is 0 Å². The van der Waals surface area contributed by atoms with Crippen molar-refractivity contribution in [3.63, 3.8) is 0 Å². The fourth-order valence-corrected chi connectivity index (χ4v) is 2.47. The summed E-state index contributed by atoms with van der Waals surface area (Å²) in [6, 6.07) is 0.791. The quantitative estimate of drug-likeness (QED) is 0.641. The molecule has 0 aromatic rings. The van der Waals surface area contributed by atoms with Crippen LogP contribution in [0.1, 0.15) is 38.5 Å². The molecule has 2 nitrogen and oxygen atoms in total.